The van der Waals surface area contributed by atoms with Gasteiger partial charge in [0.25, 0.3) is 0 Å². The lowest BCUT2D eigenvalue weighted by Gasteiger charge is -2.29. The molecule has 0 spiro atoms. The molecule has 4 heterocycles. The van der Waals surface area contributed by atoms with Gasteiger partial charge in [-0.15, -0.1) is 21.5 Å². The van der Waals surface area contributed by atoms with Gasteiger partial charge in [0.2, 0.25) is 5.82 Å². The Kier molecular flexibility index (Phi) is 7.09. The van der Waals surface area contributed by atoms with Crippen LogP contribution in [0.3, 0.4) is 0 Å². The van der Waals surface area contributed by atoms with Crippen LogP contribution in [-0.2, 0) is 25.7 Å². The molecule has 0 amide bonds. The summed E-state index contributed by atoms with van der Waals surface area (Å²) in [4.78, 5) is 12.3. The molecule has 16 heteroatoms. The largest absolute Gasteiger partial charge is 0.462 e. The van der Waals surface area contributed by atoms with Gasteiger partial charge in [-0.1, -0.05) is 13.3 Å². The number of fused-ring (bicyclic) bond motifs is 2. The van der Waals surface area contributed by atoms with Crippen molar-refractivity contribution in [3.8, 4) is 6.01 Å². The third kappa shape index (κ3) is 5.66. The molecular formula is C18H19F6N7OS2. The smallest absolute Gasteiger partial charge is 0.456 e. The van der Waals surface area contributed by atoms with Gasteiger partial charge in [-0.05, 0) is 12.5 Å². The Morgan fingerprint density at radius 2 is 1.94 bits per heavy atom. The van der Waals surface area contributed by atoms with E-state index in [0.29, 0.717) is 10.6 Å². The predicted molar refractivity (Wildman–Crippen MR) is 115 cm³/mol. The van der Waals surface area contributed by atoms with Gasteiger partial charge < -0.3 is 14.2 Å². The molecule has 8 nitrogen and oxygen atoms in total. The van der Waals surface area contributed by atoms with Crippen molar-refractivity contribution in [2.75, 3.05) is 24.6 Å². The van der Waals surface area contributed by atoms with Crippen LogP contribution in [0, 0.1) is 0 Å². The molecule has 34 heavy (non-hydrogen) atoms. The van der Waals surface area contributed by atoms with Crippen LogP contribution in [-0.4, -0.2) is 49.9 Å². The molecule has 1 aliphatic heterocycles. The van der Waals surface area contributed by atoms with Crippen molar-refractivity contribution < 1.29 is 31.1 Å². The van der Waals surface area contributed by atoms with Gasteiger partial charge in [0.1, 0.15) is 17.3 Å². The van der Waals surface area contributed by atoms with Crippen molar-refractivity contribution in [3.05, 3.63) is 22.6 Å². The number of rotatable bonds is 8. The van der Waals surface area contributed by atoms with Crippen molar-refractivity contribution >= 4 is 39.3 Å². The van der Waals surface area contributed by atoms with E-state index in [1.807, 2.05) is 13.0 Å². The number of halogens is 6. The fourth-order valence-electron chi connectivity index (χ4n) is 3.48. The first kappa shape index (κ1) is 24.8. The molecule has 3 aromatic heterocycles. The van der Waals surface area contributed by atoms with Gasteiger partial charge in [-0.3, -0.25) is 4.72 Å². The van der Waals surface area contributed by atoms with E-state index in [1.165, 1.54) is 11.3 Å². The Hall–Kier alpha value is -2.33. The Morgan fingerprint density at radius 1 is 1.15 bits per heavy atom. The van der Waals surface area contributed by atoms with Crippen LogP contribution in [0.2, 0.25) is 0 Å². The fraction of sp³-hybridized carbons (Fsp3) is 0.556. The average Bonchev–Trinajstić information content (AvgIpc) is 3.35. The highest BCUT2D eigenvalue weighted by molar-refractivity contribution is 7.98. The van der Waals surface area contributed by atoms with Crippen molar-refractivity contribution in [2.45, 2.75) is 44.5 Å². The van der Waals surface area contributed by atoms with E-state index >= 15 is 0 Å². The van der Waals surface area contributed by atoms with Crippen LogP contribution in [0.15, 0.2) is 6.07 Å². The van der Waals surface area contributed by atoms with Gasteiger partial charge in [0.05, 0.1) is 11.9 Å². The van der Waals surface area contributed by atoms with Crippen LogP contribution in [0.1, 0.15) is 29.9 Å². The summed E-state index contributed by atoms with van der Waals surface area (Å²) in [5.41, 5.74) is -4.41. The first-order chi connectivity index (χ1) is 16.0. The number of nitrogens with one attached hydrogen (secondary N) is 1. The van der Waals surface area contributed by atoms with Gasteiger partial charge in [0.15, 0.2) is 5.82 Å². The lowest BCUT2D eigenvalue weighted by atomic mass is 10.2. The molecule has 0 saturated heterocycles. The normalized spacial score (nSPS) is 14.6. The second-order valence-corrected chi connectivity index (χ2v) is 9.38. The fourth-order valence-corrected chi connectivity index (χ4v) is 4.94. The predicted octanol–water partition coefficient (Wildman–Crippen LogP) is 4.41. The Labute approximate surface area is 197 Å². The van der Waals surface area contributed by atoms with E-state index in [1.54, 1.807) is 4.90 Å². The molecule has 0 atom stereocenters. The summed E-state index contributed by atoms with van der Waals surface area (Å²) in [5.74, 6) is -0.409. The summed E-state index contributed by atoms with van der Waals surface area (Å²) >= 11 is 1.08. The third-order valence-electron chi connectivity index (χ3n) is 4.83. The Morgan fingerprint density at radius 3 is 2.65 bits per heavy atom. The molecule has 0 aliphatic carbocycles. The topological polar surface area (TPSA) is 81.0 Å². The van der Waals surface area contributed by atoms with Gasteiger partial charge >= 0.3 is 17.7 Å². The number of hydrogen-bond donors (Lipinski definition) is 1. The maximum Gasteiger partial charge on any atom is 0.456 e. The monoisotopic (exact) mass is 527 g/mol. The molecule has 0 bridgehead atoms. The number of nitrogens with zero attached hydrogens (tertiary/aromatic N) is 6. The second kappa shape index (κ2) is 9.73. The lowest BCUT2D eigenvalue weighted by molar-refractivity contribution is -0.147. The molecule has 3 aromatic rings. The van der Waals surface area contributed by atoms with E-state index in [2.05, 4.69) is 24.9 Å². The lowest BCUT2D eigenvalue weighted by Crippen LogP contribution is -2.36. The van der Waals surface area contributed by atoms with Gasteiger partial charge in [-0.25, -0.2) is 0 Å². The van der Waals surface area contributed by atoms with Gasteiger partial charge in [0, 0.05) is 36.5 Å². The summed E-state index contributed by atoms with van der Waals surface area (Å²) in [7, 11) is 0. The zero-order valence-corrected chi connectivity index (χ0v) is 19.3. The van der Waals surface area contributed by atoms with Crippen LogP contribution in [0.25, 0.3) is 10.2 Å². The molecule has 0 saturated carbocycles. The van der Waals surface area contributed by atoms with Crippen molar-refractivity contribution in [1.29, 1.82) is 0 Å². The minimum Gasteiger partial charge on any atom is -0.462 e. The maximum atomic E-state index is 13.2. The van der Waals surface area contributed by atoms with Crippen molar-refractivity contribution in [3.63, 3.8) is 0 Å². The minimum atomic E-state index is -4.60. The minimum absolute atomic E-state index is 0.0173. The van der Waals surface area contributed by atoms with Crippen LogP contribution < -0.4 is 14.4 Å². The Bertz CT molecular complexity index is 1150. The standard InChI is InChI=1S/C18H19F6N7OS2/c1-2-3-10-8-11-13(30-5-6-31-12(9-30)28-29-15(31)17(19,20)21)26-16(27-14(11)33-10)32-7-4-25-34-18(22,23)24/h8,25H,2-7,9H2,1H3. The highest BCUT2D eigenvalue weighted by Crippen LogP contribution is 2.36. The zero-order chi connectivity index (χ0) is 24.5. The van der Waals surface area contributed by atoms with Crippen molar-refractivity contribution in [2.24, 2.45) is 0 Å². The molecule has 4 rings (SSSR count). The first-order valence-corrected chi connectivity index (χ1v) is 11.8. The van der Waals surface area contributed by atoms with Gasteiger partial charge in [-0.2, -0.15) is 36.3 Å². The summed E-state index contributed by atoms with van der Waals surface area (Å²) in [6.07, 6.45) is -2.87. The second-order valence-electron chi connectivity index (χ2n) is 7.31. The number of ether oxygens (including phenoxy) is 1. The Balaban J connectivity index is 1.57. The van der Waals surface area contributed by atoms with Crippen LogP contribution in [0.5, 0.6) is 6.01 Å². The third-order valence-corrected chi connectivity index (χ3v) is 6.50. The first-order valence-electron chi connectivity index (χ1n) is 10.2. The molecule has 1 N–H and O–H groups in total. The number of hydrogen-bond acceptors (Lipinski definition) is 9. The average molecular weight is 528 g/mol. The van der Waals surface area contributed by atoms with E-state index in [4.69, 9.17) is 4.74 Å². The van der Waals surface area contributed by atoms with Crippen LogP contribution >= 0.6 is 23.3 Å². The molecular weight excluding hydrogens is 508 g/mol. The SMILES string of the molecule is CCCc1cc2c(N3CCn4c(nnc4C(F)(F)F)C3)nc(OCCNSC(F)(F)F)nc2s1. The molecule has 0 radical (unpaired) electrons. The summed E-state index contributed by atoms with van der Waals surface area (Å²) < 4.78 is 84.9. The molecule has 0 fully saturated rings. The highest BCUT2D eigenvalue weighted by atomic mass is 32.2. The number of aromatic nitrogens is 5. The molecule has 0 unspecified atom stereocenters. The number of thiophene rings is 1. The van der Waals surface area contributed by atoms with E-state index < -0.39 is 17.5 Å². The number of aryl methyl sites for hydroxylation is 1. The van der Waals surface area contributed by atoms with E-state index in [0.717, 1.165) is 27.7 Å². The molecule has 1 aliphatic rings. The zero-order valence-electron chi connectivity index (χ0n) is 17.7. The molecule has 186 valence electrons. The summed E-state index contributed by atoms with van der Waals surface area (Å²) in [6, 6.07) is 1.93. The number of anilines is 1. The molecule has 0 aromatic carbocycles. The van der Waals surface area contributed by atoms with E-state index in [9.17, 15) is 26.3 Å². The maximum absolute atomic E-state index is 13.2. The number of alkyl halides is 6. The summed E-state index contributed by atoms with van der Waals surface area (Å²) in [6.45, 7) is 2.13. The van der Waals surface area contributed by atoms with Crippen molar-refractivity contribution in [1.82, 2.24) is 29.5 Å². The highest BCUT2D eigenvalue weighted by Gasteiger charge is 2.39. The summed E-state index contributed by atoms with van der Waals surface area (Å²) in [5, 5.41) is 7.73. The quantitative estimate of drug-likeness (QED) is 0.262. The van der Waals surface area contributed by atoms with E-state index in [-0.39, 0.29) is 56.6 Å². The van der Waals surface area contributed by atoms with Crippen LogP contribution in [0.4, 0.5) is 32.2 Å².